The van der Waals surface area contributed by atoms with Crippen molar-refractivity contribution in [3.05, 3.63) is 0 Å². The van der Waals surface area contributed by atoms with E-state index in [0.717, 1.165) is 25.7 Å². The average molecular weight is 227 g/mol. The first kappa shape index (κ1) is 14.0. The van der Waals surface area contributed by atoms with Crippen LogP contribution >= 0.6 is 0 Å². The smallest absolute Gasteiger partial charge is 0.0622 e. The molecule has 0 radical (unpaired) electrons. The summed E-state index contributed by atoms with van der Waals surface area (Å²) >= 11 is 0. The molecule has 0 aromatic rings. The molecule has 0 aliphatic heterocycles. The molecular weight excluding hydrogens is 198 g/mol. The number of hydrogen-bond donors (Lipinski definition) is 1. The summed E-state index contributed by atoms with van der Waals surface area (Å²) in [6.45, 7) is 9.47. The zero-order valence-corrected chi connectivity index (χ0v) is 11.3. The Kier molecular flexibility index (Phi) is 7.06. The highest BCUT2D eigenvalue weighted by Crippen LogP contribution is 2.26. The molecule has 16 heavy (non-hydrogen) atoms. The largest absolute Gasteiger partial charge is 0.380 e. The van der Waals surface area contributed by atoms with Crippen molar-refractivity contribution in [1.29, 1.82) is 0 Å². The summed E-state index contributed by atoms with van der Waals surface area (Å²) in [6, 6.07) is 0.587. The fraction of sp³-hybridized carbons (Fsp3) is 1.00. The number of hydrogen-bond acceptors (Lipinski definition) is 2. The summed E-state index contributed by atoms with van der Waals surface area (Å²) in [4.78, 5) is 0. The third-order valence-corrected chi connectivity index (χ3v) is 3.43. The van der Waals surface area contributed by atoms with Crippen LogP contribution in [0.3, 0.4) is 0 Å². The van der Waals surface area contributed by atoms with E-state index in [1.807, 2.05) is 0 Å². The van der Waals surface area contributed by atoms with Gasteiger partial charge in [-0.25, -0.2) is 0 Å². The maximum atomic E-state index is 5.80. The molecule has 0 spiro atoms. The molecule has 1 unspecified atom stereocenters. The van der Waals surface area contributed by atoms with Gasteiger partial charge >= 0.3 is 0 Å². The third-order valence-electron chi connectivity index (χ3n) is 3.43. The minimum absolute atomic E-state index is 0.587. The van der Waals surface area contributed by atoms with Gasteiger partial charge in [-0.2, -0.15) is 0 Å². The van der Waals surface area contributed by atoms with Crippen LogP contribution in [0.25, 0.3) is 0 Å². The SMILES string of the molecule is CCNC(COCC(C)C)C1CCCCC1. The van der Waals surface area contributed by atoms with E-state index in [4.69, 9.17) is 4.74 Å². The van der Waals surface area contributed by atoms with E-state index in [9.17, 15) is 0 Å². The number of ether oxygens (including phenoxy) is 1. The lowest BCUT2D eigenvalue weighted by Gasteiger charge is -2.30. The molecule has 0 heterocycles. The van der Waals surface area contributed by atoms with Crippen molar-refractivity contribution in [3.8, 4) is 0 Å². The monoisotopic (exact) mass is 227 g/mol. The predicted molar refractivity (Wildman–Crippen MR) is 69.7 cm³/mol. The average Bonchev–Trinajstić information content (AvgIpc) is 2.29. The van der Waals surface area contributed by atoms with Crippen LogP contribution in [0.4, 0.5) is 0 Å². The maximum absolute atomic E-state index is 5.80. The van der Waals surface area contributed by atoms with Gasteiger partial charge < -0.3 is 10.1 Å². The fourth-order valence-corrected chi connectivity index (χ4v) is 2.59. The summed E-state index contributed by atoms with van der Waals surface area (Å²) in [5.41, 5.74) is 0. The highest BCUT2D eigenvalue weighted by Gasteiger charge is 2.22. The quantitative estimate of drug-likeness (QED) is 0.721. The molecule has 1 atom stereocenters. The van der Waals surface area contributed by atoms with E-state index in [1.54, 1.807) is 0 Å². The van der Waals surface area contributed by atoms with Crippen LogP contribution in [-0.4, -0.2) is 25.8 Å². The molecule has 1 rings (SSSR count). The van der Waals surface area contributed by atoms with Crippen molar-refractivity contribution in [2.24, 2.45) is 11.8 Å². The van der Waals surface area contributed by atoms with E-state index in [-0.39, 0.29) is 0 Å². The Morgan fingerprint density at radius 3 is 2.38 bits per heavy atom. The molecule has 2 heteroatoms. The molecule has 0 aromatic carbocycles. The molecule has 0 amide bonds. The molecule has 1 saturated carbocycles. The Balaban J connectivity index is 2.27. The van der Waals surface area contributed by atoms with Gasteiger partial charge in [0, 0.05) is 12.6 Å². The summed E-state index contributed by atoms with van der Waals surface area (Å²) in [5.74, 6) is 1.49. The second-order valence-electron chi connectivity index (χ2n) is 5.49. The number of nitrogens with one attached hydrogen (secondary N) is 1. The Bertz CT molecular complexity index is 164. The fourth-order valence-electron chi connectivity index (χ4n) is 2.59. The van der Waals surface area contributed by atoms with Crippen molar-refractivity contribution < 1.29 is 4.74 Å². The third kappa shape index (κ3) is 5.31. The molecule has 0 saturated heterocycles. The van der Waals surface area contributed by atoms with E-state index < -0.39 is 0 Å². The summed E-state index contributed by atoms with van der Waals surface area (Å²) < 4.78 is 5.80. The van der Waals surface area contributed by atoms with Crippen molar-refractivity contribution in [1.82, 2.24) is 5.32 Å². The molecule has 0 aromatic heterocycles. The molecule has 1 N–H and O–H groups in total. The van der Waals surface area contributed by atoms with Crippen LogP contribution in [0.5, 0.6) is 0 Å². The Morgan fingerprint density at radius 2 is 1.81 bits per heavy atom. The lowest BCUT2D eigenvalue weighted by Crippen LogP contribution is -2.41. The summed E-state index contributed by atoms with van der Waals surface area (Å²) in [5, 5.41) is 3.60. The first-order valence-corrected chi connectivity index (χ1v) is 7.05. The molecule has 2 nitrogen and oxygen atoms in total. The molecular formula is C14H29NO. The van der Waals surface area contributed by atoms with Crippen LogP contribution in [-0.2, 0) is 4.74 Å². The van der Waals surface area contributed by atoms with Gasteiger partial charge in [-0.3, -0.25) is 0 Å². The molecule has 1 fully saturated rings. The molecule has 1 aliphatic carbocycles. The normalized spacial score (nSPS) is 20.2. The minimum Gasteiger partial charge on any atom is -0.380 e. The zero-order chi connectivity index (χ0) is 11.8. The summed E-state index contributed by atoms with van der Waals surface area (Å²) in [6.07, 6.45) is 7.04. The lowest BCUT2D eigenvalue weighted by atomic mass is 9.84. The van der Waals surface area contributed by atoms with Gasteiger partial charge in [-0.15, -0.1) is 0 Å². The second kappa shape index (κ2) is 8.08. The first-order valence-electron chi connectivity index (χ1n) is 7.05. The standard InChI is InChI=1S/C14H29NO/c1-4-15-14(11-16-10-12(2)3)13-8-6-5-7-9-13/h12-15H,4-11H2,1-3H3. The second-order valence-corrected chi connectivity index (χ2v) is 5.49. The van der Waals surface area contributed by atoms with Gasteiger partial charge in [0.25, 0.3) is 0 Å². The van der Waals surface area contributed by atoms with Crippen LogP contribution in [0.2, 0.25) is 0 Å². The first-order chi connectivity index (χ1) is 7.74. The number of rotatable bonds is 7. The maximum Gasteiger partial charge on any atom is 0.0622 e. The zero-order valence-electron chi connectivity index (χ0n) is 11.3. The van der Waals surface area contributed by atoms with Crippen LogP contribution in [0.1, 0.15) is 52.9 Å². The van der Waals surface area contributed by atoms with E-state index >= 15 is 0 Å². The van der Waals surface area contributed by atoms with Crippen LogP contribution < -0.4 is 5.32 Å². The van der Waals surface area contributed by atoms with Gasteiger partial charge in [-0.05, 0) is 31.2 Å². The lowest BCUT2D eigenvalue weighted by molar-refractivity contribution is 0.0685. The van der Waals surface area contributed by atoms with Crippen molar-refractivity contribution in [2.75, 3.05) is 19.8 Å². The topological polar surface area (TPSA) is 21.3 Å². The highest BCUT2D eigenvalue weighted by molar-refractivity contribution is 4.78. The number of likely N-dealkylation sites (N-methyl/N-ethyl adjacent to an activating group) is 1. The van der Waals surface area contributed by atoms with Crippen molar-refractivity contribution in [2.45, 2.75) is 58.9 Å². The van der Waals surface area contributed by atoms with E-state index in [1.165, 1.54) is 32.1 Å². The highest BCUT2D eigenvalue weighted by atomic mass is 16.5. The van der Waals surface area contributed by atoms with E-state index in [0.29, 0.717) is 12.0 Å². The van der Waals surface area contributed by atoms with Gasteiger partial charge in [0.05, 0.1) is 6.61 Å². The minimum atomic E-state index is 0.587. The molecule has 0 bridgehead atoms. The molecule has 96 valence electrons. The van der Waals surface area contributed by atoms with E-state index in [2.05, 4.69) is 26.1 Å². The Hall–Kier alpha value is -0.0800. The Labute approximate surface area is 101 Å². The van der Waals surface area contributed by atoms with Gasteiger partial charge in [0.15, 0.2) is 0 Å². The Morgan fingerprint density at radius 1 is 1.12 bits per heavy atom. The van der Waals surface area contributed by atoms with Gasteiger partial charge in [0.1, 0.15) is 0 Å². The molecule has 1 aliphatic rings. The van der Waals surface area contributed by atoms with Crippen LogP contribution in [0.15, 0.2) is 0 Å². The van der Waals surface area contributed by atoms with Crippen LogP contribution in [0, 0.1) is 11.8 Å². The van der Waals surface area contributed by atoms with Crippen molar-refractivity contribution in [3.63, 3.8) is 0 Å². The predicted octanol–water partition coefficient (Wildman–Crippen LogP) is 3.22. The van der Waals surface area contributed by atoms with Gasteiger partial charge in [-0.1, -0.05) is 40.0 Å². The van der Waals surface area contributed by atoms with Crippen molar-refractivity contribution >= 4 is 0 Å². The summed E-state index contributed by atoms with van der Waals surface area (Å²) in [7, 11) is 0. The van der Waals surface area contributed by atoms with Gasteiger partial charge in [0.2, 0.25) is 0 Å².